The van der Waals surface area contributed by atoms with Crippen molar-refractivity contribution < 1.29 is 27.1 Å². The molecule has 4 N–H and O–H groups in total. The Hall–Kier alpha value is -1.99. The third kappa shape index (κ3) is 2.75. The second kappa shape index (κ2) is 3.87. The molecule has 16 heavy (non-hydrogen) atoms. The maximum absolute atomic E-state index is 12.9. The van der Waals surface area contributed by atoms with Crippen LogP contribution in [0.3, 0.4) is 0 Å². The maximum Gasteiger partial charge on any atom is 0.573 e. The summed E-state index contributed by atoms with van der Waals surface area (Å²) >= 11 is 0. The molecule has 0 heterocycles. The number of carbonyl (C=O) groups excluding carboxylic acids is 1. The van der Waals surface area contributed by atoms with Gasteiger partial charge in [-0.3, -0.25) is 4.79 Å². The van der Waals surface area contributed by atoms with Gasteiger partial charge in [-0.2, -0.15) is 0 Å². The number of halogens is 4. The fraction of sp³-hybridized carbons (Fsp3) is 0.125. The predicted octanol–water partition coefficient (Wildman–Crippen LogP) is 1.41. The van der Waals surface area contributed by atoms with E-state index in [4.69, 9.17) is 11.5 Å². The molecule has 1 aromatic carbocycles. The fourth-order valence-electron chi connectivity index (χ4n) is 0.973. The number of anilines is 1. The number of nitrogen functional groups attached to an aromatic ring is 1. The van der Waals surface area contributed by atoms with Crippen molar-refractivity contribution in [3.05, 3.63) is 23.5 Å². The number of nitrogens with two attached hydrogens (primary N) is 2. The van der Waals surface area contributed by atoms with E-state index in [2.05, 4.69) is 4.74 Å². The number of benzene rings is 1. The van der Waals surface area contributed by atoms with Crippen LogP contribution in [0, 0.1) is 5.82 Å². The number of hydrogen-bond acceptors (Lipinski definition) is 3. The Morgan fingerprint density at radius 1 is 1.31 bits per heavy atom. The summed E-state index contributed by atoms with van der Waals surface area (Å²) in [5, 5.41) is 0. The first kappa shape index (κ1) is 12.1. The van der Waals surface area contributed by atoms with E-state index in [1.54, 1.807) is 0 Å². The van der Waals surface area contributed by atoms with Crippen LogP contribution in [0.15, 0.2) is 12.1 Å². The average Bonchev–Trinajstić information content (AvgIpc) is 2.07. The smallest absolute Gasteiger partial charge is 0.405 e. The molecule has 0 saturated carbocycles. The summed E-state index contributed by atoms with van der Waals surface area (Å²) in [5.41, 5.74) is 8.72. The van der Waals surface area contributed by atoms with Gasteiger partial charge in [-0.25, -0.2) is 4.39 Å². The van der Waals surface area contributed by atoms with Gasteiger partial charge in [0.1, 0.15) is 11.6 Å². The maximum atomic E-state index is 12.9. The molecular weight excluding hydrogens is 232 g/mol. The highest BCUT2D eigenvalue weighted by molar-refractivity contribution is 5.96. The van der Waals surface area contributed by atoms with Crippen LogP contribution in [0.5, 0.6) is 5.75 Å². The van der Waals surface area contributed by atoms with Crippen molar-refractivity contribution >= 4 is 11.6 Å². The summed E-state index contributed by atoms with van der Waals surface area (Å²) < 4.78 is 52.0. The van der Waals surface area contributed by atoms with E-state index in [0.29, 0.717) is 12.1 Å². The number of carbonyl (C=O) groups is 1. The molecule has 8 heteroatoms. The molecule has 0 aliphatic heterocycles. The van der Waals surface area contributed by atoms with E-state index < -0.39 is 35.1 Å². The van der Waals surface area contributed by atoms with Crippen molar-refractivity contribution in [3.63, 3.8) is 0 Å². The molecule has 1 rings (SSSR count). The Balaban J connectivity index is 3.25. The summed E-state index contributed by atoms with van der Waals surface area (Å²) in [6.07, 6.45) is -5.05. The zero-order valence-electron chi connectivity index (χ0n) is 7.64. The highest BCUT2D eigenvalue weighted by Gasteiger charge is 2.33. The number of ether oxygens (including phenoxy) is 1. The van der Waals surface area contributed by atoms with Crippen molar-refractivity contribution in [2.75, 3.05) is 5.73 Å². The number of hydrogen-bond donors (Lipinski definition) is 2. The van der Waals surface area contributed by atoms with Crippen LogP contribution < -0.4 is 16.2 Å². The van der Waals surface area contributed by atoms with E-state index in [1.165, 1.54) is 0 Å². The van der Waals surface area contributed by atoms with Crippen molar-refractivity contribution in [3.8, 4) is 5.75 Å². The standard InChI is InChI=1S/C8H6F4N2O2/c9-4-2-6(16-8(10,11)12)3(7(14)15)1-5(4)13/h1-2H,13H2,(H2,14,15). The van der Waals surface area contributed by atoms with Crippen molar-refractivity contribution in [2.45, 2.75) is 6.36 Å². The predicted molar refractivity (Wildman–Crippen MR) is 46.0 cm³/mol. The molecule has 0 spiro atoms. The van der Waals surface area contributed by atoms with Crippen LogP contribution in [0.4, 0.5) is 23.2 Å². The second-order valence-electron chi connectivity index (χ2n) is 2.78. The van der Waals surface area contributed by atoms with E-state index in [9.17, 15) is 22.4 Å². The van der Waals surface area contributed by atoms with Gasteiger partial charge >= 0.3 is 6.36 Å². The molecule has 0 aliphatic carbocycles. The third-order valence-electron chi connectivity index (χ3n) is 1.59. The molecule has 0 radical (unpaired) electrons. The average molecular weight is 238 g/mol. The van der Waals surface area contributed by atoms with Crippen LogP contribution in [0.25, 0.3) is 0 Å². The van der Waals surface area contributed by atoms with Gasteiger partial charge in [-0.15, -0.1) is 13.2 Å². The SMILES string of the molecule is NC(=O)c1cc(N)c(F)cc1OC(F)(F)F. The van der Waals surface area contributed by atoms with Crippen LogP contribution >= 0.6 is 0 Å². The van der Waals surface area contributed by atoms with E-state index in [0.717, 1.165) is 0 Å². The number of alkyl halides is 3. The Bertz CT molecular complexity index is 431. The lowest BCUT2D eigenvalue weighted by Crippen LogP contribution is -2.21. The lowest BCUT2D eigenvalue weighted by atomic mass is 10.1. The van der Waals surface area contributed by atoms with E-state index >= 15 is 0 Å². The molecule has 0 atom stereocenters. The van der Waals surface area contributed by atoms with Gasteiger partial charge in [0.25, 0.3) is 5.91 Å². The topological polar surface area (TPSA) is 78.3 Å². The van der Waals surface area contributed by atoms with Gasteiger partial charge in [-0.1, -0.05) is 0 Å². The molecule has 4 nitrogen and oxygen atoms in total. The minimum absolute atomic E-state index is 0.350. The van der Waals surface area contributed by atoms with Crippen LogP contribution in [-0.2, 0) is 0 Å². The largest absolute Gasteiger partial charge is 0.573 e. The molecule has 0 aliphatic rings. The number of primary amides is 1. The molecule has 1 amide bonds. The Kier molecular flexibility index (Phi) is 2.92. The highest BCUT2D eigenvalue weighted by atomic mass is 19.4. The van der Waals surface area contributed by atoms with E-state index in [-0.39, 0.29) is 0 Å². The van der Waals surface area contributed by atoms with Crippen molar-refractivity contribution in [1.29, 1.82) is 0 Å². The minimum Gasteiger partial charge on any atom is -0.405 e. The number of amides is 1. The first-order valence-corrected chi connectivity index (χ1v) is 3.85. The van der Waals surface area contributed by atoms with Crippen LogP contribution in [0.2, 0.25) is 0 Å². The Labute approximate surface area is 86.8 Å². The zero-order chi connectivity index (χ0) is 12.5. The van der Waals surface area contributed by atoms with Gasteiger partial charge < -0.3 is 16.2 Å². The minimum atomic E-state index is -5.05. The lowest BCUT2D eigenvalue weighted by Gasteiger charge is -2.12. The second-order valence-corrected chi connectivity index (χ2v) is 2.78. The van der Waals surface area contributed by atoms with Gasteiger partial charge in [0.15, 0.2) is 0 Å². The first-order chi connectivity index (χ1) is 7.20. The van der Waals surface area contributed by atoms with Crippen molar-refractivity contribution in [1.82, 2.24) is 0 Å². The number of rotatable bonds is 2. The molecule has 88 valence electrons. The quantitative estimate of drug-likeness (QED) is 0.603. The third-order valence-corrected chi connectivity index (χ3v) is 1.59. The van der Waals surface area contributed by atoms with Gasteiger partial charge in [0.2, 0.25) is 0 Å². The van der Waals surface area contributed by atoms with Gasteiger partial charge in [0, 0.05) is 6.07 Å². The Morgan fingerprint density at radius 3 is 2.31 bits per heavy atom. The summed E-state index contributed by atoms with van der Waals surface area (Å²) in [6, 6.07) is 1.03. The summed E-state index contributed by atoms with van der Waals surface area (Å²) in [4.78, 5) is 10.8. The van der Waals surface area contributed by atoms with E-state index in [1.807, 2.05) is 0 Å². The summed E-state index contributed by atoms with van der Waals surface area (Å²) in [6.45, 7) is 0. The fourth-order valence-corrected chi connectivity index (χ4v) is 0.973. The molecule has 0 fully saturated rings. The molecule has 0 aromatic heterocycles. The van der Waals surface area contributed by atoms with Gasteiger partial charge in [0.05, 0.1) is 11.3 Å². The normalized spacial score (nSPS) is 11.2. The van der Waals surface area contributed by atoms with Gasteiger partial charge in [-0.05, 0) is 6.07 Å². The Morgan fingerprint density at radius 2 is 1.88 bits per heavy atom. The summed E-state index contributed by atoms with van der Waals surface area (Å²) in [7, 11) is 0. The molecular formula is C8H6F4N2O2. The van der Waals surface area contributed by atoms with Crippen LogP contribution in [-0.4, -0.2) is 12.3 Å². The first-order valence-electron chi connectivity index (χ1n) is 3.85. The molecule has 0 saturated heterocycles. The lowest BCUT2D eigenvalue weighted by molar-refractivity contribution is -0.274. The monoisotopic (exact) mass is 238 g/mol. The molecule has 1 aromatic rings. The molecule has 0 unspecified atom stereocenters. The van der Waals surface area contributed by atoms with Crippen molar-refractivity contribution in [2.24, 2.45) is 5.73 Å². The highest BCUT2D eigenvalue weighted by Crippen LogP contribution is 2.29. The molecule has 0 bridgehead atoms. The van der Waals surface area contributed by atoms with Crippen LogP contribution in [0.1, 0.15) is 10.4 Å². The zero-order valence-corrected chi connectivity index (χ0v) is 7.64. The summed E-state index contributed by atoms with van der Waals surface area (Å²) in [5.74, 6) is -3.36.